The molecule has 6 aromatic rings. The predicted octanol–water partition coefficient (Wildman–Crippen LogP) is 10.1. The molecule has 2 fully saturated rings. The van der Waals surface area contributed by atoms with E-state index in [0.29, 0.717) is 0 Å². The van der Waals surface area contributed by atoms with Gasteiger partial charge in [-0.15, -0.1) is 26.3 Å². The highest BCUT2D eigenvalue weighted by Crippen LogP contribution is 2.40. The Hall–Kier alpha value is -6.20. The molecule has 2 aliphatic rings. The fourth-order valence-corrected chi connectivity index (χ4v) is 10.7. The Morgan fingerprint density at radius 1 is 0.610 bits per heavy atom. The molecule has 20 nitrogen and oxygen atoms in total. The second-order valence-electron chi connectivity index (χ2n) is 18.7. The monoisotopic (exact) mass is 1160 g/mol. The lowest BCUT2D eigenvalue weighted by molar-refractivity contribution is -0.275. The molecule has 2 aliphatic heterocycles. The van der Waals surface area contributed by atoms with Gasteiger partial charge in [-0.05, 0) is 134 Å². The molecule has 8 rings (SSSR count). The molecule has 0 radical (unpaired) electrons. The van der Waals surface area contributed by atoms with Crippen molar-refractivity contribution in [3.8, 4) is 11.5 Å². The molecule has 0 saturated carbocycles. The number of likely N-dealkylation sites (tertiary alicyclic amines) is 1. The van der Waals surface area contributed by atoms with Crippen molar-refractivity contribution in [3.63, 3.8) is 0 Å². The zero-order valence-corrected chi connectivity index (χ0v) is 45.7. The first-order valence-corrected chi connectivity index (χ1v) is 27.8. The van der Waals surface area contributed by atoms with E-state index in [-0.39, 0.29) is 78.2 Å². The minimum Gasteiger partial charge on any atom is -0.404 e. The van der Waals surface area contributed by atoms with E-state index in [1.807, 2.05) is 7.05 Å². The van der Waals surface area contributed by atoms with Crippen molar-refractivity contribution in [2.24, 2.45) is 14.1 Å². The molecule has 77 heavy (non-hydrogen) atoms. The van der Waals surface area contributed by atoms with Crippen LogP contribution in [0.2, 0.25) is 10.0 Å². The number of rotatable bonds is 16. The van der Waals surface area contributed by atoms with Crippen molar-refractivity contribution < 1.29 is 52.7 Å². The third-order valence-corrected chi connectivity index (χ3v) is 17.0. The van der Waals surface area contributed by atoms with E-state index in [1.165, 1.54) is 86.1 Å². The van der Waals surface area contributed by atoms with Crippen molar-refractivity contribution in [1.29, 1.82) is 0 Å². The van der Waals surface area contributed by atoms with E-state index in [4.69, 9.17) is 23.2 Å². The molecular weight excluding hydrogens is 1110 g/mol. The first-order chi connectivity index (χ1) is 36.1. The van der Waals surface area contributed by atoms with E-state index in [0.717, 1.165) is 63.0 Å². The Morgan fingerprint density at radius 2 is 1.00 bits per heavy atom. The molecule has 30 heteroatoms. The van der Waals surface area contributed by atoms with Crippen LogP contribution in [0.3, 0.4) is 0 Å². The summed E-state index contributed by atoms with van der Waals surface area (Å²) < 4.78 is 142. The van der Waals surface area contributed by atoms with E-state index >= 15 is 0 Å². The van der Waals surface area contributed by atoms with Gasteiger partial charge in [-0.25, -0.2) is 26.8 Å². The summed E-state index contributed by atoms with van der Waals surface area (Å²) in [5, 5.41) is 20.8. The summed E-state index contributed by atoms with van der Waals surface area (Å²) in [4.78, 5) is 18.8. The number of ether oxygens (including phenoxy) is 2. The minimum atomic E-state index is -4.91. The number of anilines is 8. The van der Waals surface area contributed by atoms with Crippen LogP contribution in [-0.2, 0) is 33.8 Å². The van der Waals surface area contributed by atoms with Crippen LogP contribution >= 0.6 is 23.2 Å². The summed E-state index contributed by atoms with van der Waals surface area (Å²) in [5.74, 6) is -0.716. The van der Waals surface area contributed by atoms with Gasteiger partial charge in [0.15, 0.2) is 23.1 Å². The molecule has 0 unspecified atom stereocenters. The summed E-state index contributed by atoms with van der Waals surface area (Å²) in [7, 11) is -2.34. The van der Waals surface area contributed by atoms with Gasteiger partial charge in [-0.1, -0.05) is 35.3 Å². The predicted molar refractivity (Wildman–Crippen MR) is 279 cm³/mol. The number of halogens is 8. The van der Waals surface area contributed by atoms with Gasteiger partial charge in [0, 0.05) is 26.5 Å². The topological polar surface area (TPSA) is 237 Å². The lowest BCUT2D eigenvalue weighted by atomic mass is 9.89. The van der Waals surface area contributed by atoms with Crippen LogP contribution in [0.4, 0.5) is 72.6 Å². The summed E-state index contributed by atoms with van der Waals surface area (Å²) in [6.45, 7) is 9.40. The Labute approximate surface area is 450 Å². The zero-order chi connectivity index (χ0) is 56.2. The van der Waals surface area contributed by atoms with Crippen LogP contribution in [0, 0.1) is 0 Å². The van der Waals surface area contributed by atoms with Gasteiger partial charge in [0.2, 0.25) is 41.6 Å². The summed E-state index contributed by atoms with van der Waals surface area (Å²) >= 11 is 12.5. The van der Waals surface area contributed by atoms with E-state index < -0.39 is 54.4 Å². The van der Waals surface area contributed by atoms with Gasteiger partial charge in [-0.2, -0.15) is 20.2 Å². The molecule has 0 aliphatic carbocycles. The Bertz CT molecular complexity index is 3280. The van der Waals surface area contributed by atoms with E-state index in [9.17, 15) is 43.2 Å². The molecule has 0 bridgehead atoms. The van der Waals surface area contributed by atoms with Crippen molar-refractivity contribution in [2.75, 3.05) is 54.5 Å². The van der Waals surface area contributed by atoms with Crippen LogP contribution in [0.25, 0.3) is 0 Å². The van der Waals surface area contributed by atoms with Gasteiger partial charge < -0.3 is 41.0 Å². The third kappa shape index (κ3) is 15.1. The molecule has 0 spiro atoms. The summed E-state index contributed by atoms with van der Waals surface area (Å²) in [6.07, 6.45) is -1.17. The number of aromatic nitrogens is 8. The second kappa shape index (κ2) is 23.8. The molecule has 0 atom stereocenters. The minimum absolute atomic E-state index is 0.00160. The summed E-state index contributed by atoms with van der Waals surface area (Å²) in [6, 6.07) is 9.25. The number of nitrogens with zero attached hydrogens (tertiary/aromatic N) is 9. The first kappa shape index (κ1) is 58.5. The Morgan fingerprint density at radius 3 is 1.38 bits per heavy atom. The number of aryl methyl sites for hydroxylation is 2. The maximum Gasteiger partial charge on any atom is 0.573 e. The highest BCUT2D eigenvalue weighted by Gasteiger charge is 2.35. The fourth-order valence-electron chi connectivity index (χ4n) is 8.21. The normalized spacial score (nSPS) is 15.3. The van der Waals surface area contributed by atoms with Crippen LogP contribution in [-0.4, -0.2) is 118 Å². The highest BCUT2D eigenvalue weighted by molar-refractivity contribution is 7.92. The molecular formula is C47H56Cl2F6N14O6S2. The number of hydrogen-bond donors (Lipinski definition) is 5. The van der Waals surface area contributed by atoms with Gasteiger partial charge in [-0.3, -0.25) is 9.36 Å². The number of alkyl halides is 6. The quantitative estimate of drug-likeness (QED) is 0.0567. The zero-order valence-electron chi connectivity index (χ0n) is 42.6. The van der Waals surface area contributed by atoms with Crippen LogP contribution in [0.1, 0.15) is 76.3 Å². The van der Waals surface area contributed by atoms with Gasteiger partial charge >= 0.3 is 12.7 Å². The third-order valence-electron chi connectivity index (χ3n) is 12.3. The van der Waals surface area contributed by atoms with E-state index in [2.05, 4.69) is 71.1 Å². The SMILES string of the molecule is CC(C)S(=O)(=O)c1nn(C)cc1Nc1nc(Nc2ccc(C3CCN(C)CC3)cc2OC(F)(F)F)ncc1Cl.CC(C)S(=O)(=O)c1nn(C)cc1Nc1nc(Nc2ccc(C3CCNCC3)cc2OC(F)(F)F)ncc1Cl. The number of sulfone groups is 2. The largest absolute Gasteiger partial charge is 0.573 e. The van der Waals surface area contributed by atoms with Gasteiger partial charge in [0.1, 0.15) is 10.0 Å². The molecule has 6 heterocycles. The number of benzene rings is 2. The van der Waals surface area contributed by atoms with Crippen LogP contribution in [0.15, 0.2) is 71.2 Å². The Balaban J connectivity index is 0.000000224. The molecule has 2 saturated heterocycles. The molecule has 5 N–H and O–H groups in total. The molecule has 0 amide bonds. The van der Waals surface area contributed by atoms with Crippen LogP contribution in [0.5, 0.6) is 11.5 Å². The number of piperidine rings is 2. The Kier molecular flexibility index (Phi) is 18.1. The first-order valence-electron chi connectivity index (χ1n) is 23.9. The maximum atomic E-state index is 13.3. The van der Waals surface area contributed by atoms with Crippen LogP contribution < -0.4 is 36.1 Å². The standard InChI is InChI=1S/C24H29ClF3N7O3S.C23H27ClF3N7O3S/c1-14(2)39(36,37)22-19(13-35(4)33-22)30-21-17(25)12-29-23(32-21)31-18-6-5-16(11-20(18)38-24(26,27)28)15-7-9-34(3)10-8-15;1-13(2)38(35,36)21-18(12-34(3)33-21)30-20-16(24)11-29-22(32-20)31-17-5-4-15(14-6-8-28-9-7-14)10-19(17)37-23(25,26)27/h5-6,11-15H,7-10H2,1-4H3,(H2,29,30,31,32);4-5,10-14,28H,6-9H2,1-3H3,(H2,29,30,31,32). The fraction of sp³-hybridized carbons (Fsp3) is 0.447. The number of nitrogens with one attached hydrogen (secondary N) is 5. The van der Waals surface area contributed by atoms with Crippen molar-refractivity contribution in [2.45, 2.75) is 98.5 Å². The lowest BCUT2D eigenvalue weighted by Gasteiger charge is -2.29. The maximum absolute atomic E-state index is 13.3. The lowest BCUT2D eigenvalue weighted by Crippen LogP contribution is -2.29. The van der Waals surface area contributed by atoms with Gasteiger partial charge in [0.25, 0.3) is 0 Å². The van der Waals surface area contributed by atoms with E-state index in [1.54, 1.807) is 26.2 Å². The molecule has 418 valence electrons. The second-order valence-corrected chi connectivity index (χ2v) is 24.4. The summed E-state index contributed by atoms with van der Waals surface area (Å²) in [5.41, 5.74) is 1.77. The molecule has 4 aromatic heterocycles. The molecule has 2 aromatic carbocycles. The van der Waals surface area contributed by atoms with Crippen molar-refractivity contribution in [3.05, 3.63) is 82.4 Å². The highest BCUT2D eigenvalue weighted by atomic mass is 35.5. The average Bonchev–Trinajstić information content (AvgIpc) is 3.94. The van der Waals surface area contributed by atoms with Crippen molar-refractivity contribution in [1.82, 2.24) is 49.7 Å². The average molecular weight is 1160 g/mol. The smallest absolute Gasteiger partial charge is 0.404 e. The van der Waals surface area contributed by atoms with Gasteiger partial charge in [0.05, 0.1) is 45.6 Å². The number of hydrogen-bond acceptors (Lipinski definition) is 18. The van der Waals surface area contributed by atoms with Crippen molar-refractivity contribution >= 4 is 89.2 Å².